The average molecular weight is 293 g/mol. The highest BCUT2D eigenvalue weighted by Crippen LogP contribution is 2.17. The number of rotatable bonds is 4. The fraction of sp³-hybridized carbons (Fsp3) is 0.571. The van der Waals surface area contributed by atoms with Gasteiger partial charge in [0.2, 0.25) is 0 Å². The molecule has 1 saturated heterocycles. The lowest BCUT2D eigenvalue weighted by Gasteiger charge is -2.35. The smallest absolute Gasteiger partial charge is 0.305 e. The van der Waals surface area contributed by atoms with Crippen molar-refractivity contribution in [3.8, 4) is 0 Å². The highest BCUT2D eigenvalue weighted by molar-refractivity contribution is 5.95. The number of aliphatic carboxylic acids is 1. The van der Waals surface area contributed by atoms with Crippen LogP contribution in [0.3, 0.4) is 0 Å². The van der Waals surface area contributed by atoms with Gasteiger partial charge in [-0.25, -0.2) is 0 Å². The zero-order valence-electron chi connectivity index (χ0n) is 12.2. The van der Waals surface area contributed by atoms with Gasteiger partial charge in [-0.3, -0.25) is 9.59 Å². The number of carbonyl (C=O) groups excluding carboxylic acids is 1. The van der Waals surface area contributed by atoms with E-state index in [9.17, 15) is 9.59 Å². The largest absolute Gasteiger partial charge is 0.481 e. The van der Waals surface area contributed by atoms with Crippen LogP contribution >= 0.6 is 0 Å². The Balaban J connectivity index is 2.28. The predicted octanol–water partition coefficient (Wildman–Crippen LogP) is 0.663. The molecule has 7 nitrogen and oxygen atoms in total. The Bertz CT molecular complexity index is 547. The molecule has 1 atom stereocenters. The minimum Gasteiger partial charge on any atom is -0.481 e. The molecule has 1 unspecified atom stereocenters. The molecule has 1 aromatic heterocycles. The minimum atomic E-state index is -0.942. The first-order chi connectivity index (χ1) is 10.0. The topological polar surface area (TPSA) is 92.6 Å². The van der Waals surface area contributed by atoms with Gasteiger partial charge in [0.1, 0.15) is 0 Å². The van der Waals surface area contributed by atoms with Gasteiger partial charge in [-0.2, -0.15) is 10.2 Å². The van der Waals surface area contributed by atoms with Crippen molar-refractivity contribution in [1.82, 2.24) is 15.1 Å². The molecule has 0 saturated carbocycles. The van der Waals surface area contributed by atoms with E-state index in [2.05, 4.69) is 10.2 Å². The zero-order valence-corrected chi connectivity index (χ0v) is 12.2. The lowest BCUT2D eigenvalue weighted by atomic mass is 10.1. The molecule has 1 aromatic rings. The molecule has 0 bridgehead atoms. The summed E-state index contributed by atoms with van der Waals surface area (Å²) in [7, 11) is 0. The van der Waals surface area contributed by atoms with Gasteiger partial charge in [0.25, 0.3) is 5.91 Å². The second kappa shape index (κ2) is 6.62. The molecule has 2 rings (SSSR count). The molecular formula is C14H19N3O4. The maximum atomic E-state index is 12.7. The van der Waals surface area contributed by atoms with Crippen LogP contribution in [0.15, 0.2) is 6.07 Å². The molecule has 1 fully saturated rings. The third kappa shape index (κ3) is 3.55. The van der Waals surface area contributed by atoms with E-state index in [0.29, 0.717) is 36.5 Å². The monoisotopic (exact) mass is 293 g/mol. The SMILES string of the molecule is CCc1nnc(C)cc1C(=O)N1CCOCC1CC(=O)O. The van der Waals surface area contributed by atoms with Crippen molar-refractivity contribution in [2.45, 2.75) is 32.7 Å². The third-order valence-corrected chi connectivity index (χ3v) is 3.46. The van der Waals surface area contributed by atoms with E-state index < -0.39 is 12.0 Å². The summed E-state index contributed by atoms with van der Waals surface area (Å²) in [5.41, 5.74) is 1.80. The number of carboxylic acid groups (broad SMARTS) is 1. The van der Waals surface area contributed by atoms with Crippen LogP contribution in [0.4, 0.5) is 0 Å². The van der Waals surface area contributed by atoms with Crippen molar-refractivity contribution in [2.24, 2.45) is 0 Å². The summed E-state index contributed by atoms with van der Waals surface area (Å²) in [4.78, 5) is 25.2. The van der Waals surface area contributed by atoms with Crippen molar-refractivity contribution < 1.29 is 19.4 Å². The van der Waals surface area contributed by atoms with Gasteiger partial charge in [-0.1, -0.05) is 6.92 Å². The normalized spacial score (nSPS) is 18.6. The summed E-state index contributed by atoms with van der Waals surface area (Å²) in [6.45, 7) is 4.74. The van der Waals surface area contributed by atoms with E-state index in [1.54, 1.807) is 17.9 Å². The number of aromatic nitrogens is 2. The number of hydrogen-bond acceptors (Lipinski definition) is 5. The Morgan fingerprint density at radius 1 is 1.48 bits per heavy atom. The molecule has 1 aliphatic rings. The number of nitrogens with zero attached hydrogens (tertiary/aromatic N) is 3. The van der Waals surface area contributed by atoms with Crippen LogP contribution in [0.5, 0.6) is 0 Å². The van der Waals surface area contributed by atoms with Gasteiger partial charge < -0.3 is 14.7 Å². The number of hydrogen-bond donors (Lipinski definition) is 1. The third-order valence-electron chi connectivity index (χ3n) is 3.46. The minimum absolute atomic E-state index is 0.120. The van der Waals surface area contributed by atoms with E-state index in [1.165, 1.54) is 0 Å². The van der Waals surface area contributed by atoms with Crippen molar-refractivity contribution in [3.05, 3.63) is 23.0 Å². The number of carbonyl (C=O) groups is 2. The van der Waals surface area contributed by atoms with E-state index in [1.807, 2.05) is 6.92 Å². The number of morpholine rings is 1. The fourth-order valence-corrected chi connectivity index (χ4v) is 2.41. The lowest BCUT2D eigenvalue weighted by Crippen LogP contribution is -2.49. The number of ether oxygens (including phenoxy) is 1. The first kappa shape index (κ1) is 15.4. The quantitative estimate of drug-likeness (QED) is 0.876. The average Bonchev–Trinajstić information content (AvgIpc) is 2.46. The van der Waals surface area contributed by atoms with Gasteiger partial charge in [0.05, 0.1) is 42.6 Å². The van der Waals surface area contributed by atoms with Gasteiger partial charge >= 0.3 is 5.97 Å². The van der Waals surface area contributed by atoms with E-state index >= 15 is 0 Å². The lowest BCUT2D eigenvalue weighted by molar-refractivity contribution is -0.139. The van der Waals surface area contributed by atoms with Crippen LogP contribution < -0.4 is 0 Å². The summed E-state index contributed by atoms with van der Waals surface area (Å²) >= 11 is 0. The maximum absolute atomic E-state index is 12.7. The molecule has 114 valence electrons. The van der Waals surface area contributed by atoms with Crippen molar-refractivity contribution >= 4 is 11.9 Å². The van der Waals surface area contributed by atoms with Gasteiger partial charge in [0.15, 0.2) is 0 Å². The van der Waals surface area contributed by atoms with Crippen LogP contribution in [0.1, 0.15) is 35.1 Å². The highest BCUT2D eigenvalue weighted by atomic mass is 16.5. The van der Waals surface area contributed by atoms with Crippen LogP contribution in [0.2, 0.25) is 0 Å². The molecule has 1 amide bonds. The summed E-state index contributed by atoms with van der Waals surface area (Å²) in [6, 6.07) is 1.27. The Hall–Kier alpha value is -2.02. The molecule has 0 spiro atoms. The predicted molar refractivity (Wildman–Crippen MR) is 74.0 cm³/mol. The second-order valence-corrected chi connectivity index (χ2v) is 5.02. The van der Waals surface area contributed by atoms with E-state index in [4.69, 9.17) is 9.84 Å². The molecule has 0 aliphatic carbocycles. The maximum Gasteiger partial charge on any atom is 0.305 e. The molecule has 21 heavy (non-hydrogen) atoms. The Labute approximate surface area is 122 Å². The zero-order chi connectivity index (χ0) is 15.4. The van der Waals surface area contributed by atoms with Crippen LogP contribution in [0.25, 0.3) is 0 Å². The Kier molecular flexibility index (Phi) is 4.85. The van der Waals surface area contributed by atoms with E-state index in [0.717, 1.165) is 0 Å². The molecular weight excluding hydrogens is 274 g/mol. The second-order valence-electron chi connectivity index (χ2n) is 5.02. The van der Waals surface area contributed by atoms with Crippen LogP contribution in [0, 0.1) is 6.92 Å². The summed E-state index contributed by atoms with van der Waals surface area (Å²) in [6.07, 6.45) is 0.479. The summed E-state index contributed by atoms with van der Waals surface area (Å²) < 4.78 is 5.29. The molecule has 0 aromatic carbocycles. The molecule has 2 heterocycles. The van der Waals surface area contributed by atoms with Crippen LogP contribution in [-0.2, 0) is 16.0 Å². The standard InChI is InChI=1S/C14H19N3O4/c1-3-12-11(6-9(2)15-16-12)14(20)17-4-5-21-8-10(17)7-13(18)19/h6,10H,3-5,7-8H2,1-2H3,(H,18,19). The number of aryl methyl sites for hydroxylation is 2. The highest BCUT2D eigenvalue weighted by Gasteiger charge is 2.31. The number of amides is 1. The first-order valence-electron chi connectivity index (χ1n) is 6.96. The van der Waals surface area contributed by atoms with Crippen molar-refractivity contribution in [1.29, 1.82) is 0 Å². The molecule has 7 heteroatoms. The Morgan fingerprint density at radius 2 is 2.24 bits per heavy atom. The Morgan fingerprint density at radius 3 is 2.90 bits per heavy atom. The van der Waals surface area contributed by atoms with E-state index in [-0.39, 0.29) is 18.9 Å². The molecule has 1 aliphatic heterocycles. The first-order valence-corrected chi connectivity index (χ1v) is 6.96. The summed E-state index contributed by atoms with van der Waals surface area (Å²) in [5.74, 6) is -1.14. The van der Waals surface area contributed by atoms with Gasteiger partial charge in [-0.05, 0) is 19.4 Å². The van der Waals surface area contributed by atoms with Crippen molar-refractivity contribution in [2.75, 3.05) is 19.8 Å². The molecule has 1 N–H and O–H groups in total. The van der Waals surface area contributed by atoms with Gasteiger partial charge in [0, 0.05) is 6.54 Å². The van der Waals surface area contributed by atoms with Gasteiger partial charge in [-0.15, -0.1) is 0 Å². The summed E-state index contributed by atoms with van der Waals surface area (Å²) in [5, 5.41) is 17.0. The fourth-order valence-electron chi connectivity index (χ4n) is 2.41. The number of carboxylic acids is 1. The van der Waals surface area contributed by atoms with Crippen LogP contribution in [-0.4, -0.2) is 57.9 Å². The van der Waals surface area contributed by atoms with Crippen molar-refractivity contribution in [3.63, 3.8) is 0 Å². The molecule has 0 radical (unpaired) electrons.